The standard InChI is InChI=1S/C13H15ClFNO2/c14-11-4-1-5-12(15)10(11)3-2-6-16-7-9(8-16)13(17)18/h1,4-5,9H,2-3,6-8H2,(H,17,18). The molecule has 18 heavy (non-hydrogen) atoms. The molecule has 1 aromatic carbocycles. The lowest BCUT2D eigenvalue weighted by atomic mass is 9.99. The van der Waals surface area contributed by atoms with Crippen molar-refractivity contribution in [3.63, 3.8) is 0 Å². The zero-order valence-electron chi connectivity index (χ0n) is 9.90. The van der Waals surface area contributed by atoms with Gasteiger partial charge in [-0.15, -0.1) is 0 Å². The first kappa shape index (κ1) is 13.3. The lowest BCUT2D eigenvalue weighted by Crippen LogP contribution is -2.50. The van der Waals surface area contributed by atoms with Gasteiger partial charge in [-0.25, -0.2) is 4.39 Å². The highest BCUT2D eigenvalue weighted by molar-refractivity contribution is 6.31. The third-order valence-corrected chi connectivity index (χ3v) is 3.62. The largest absolute Gasteiger partial charge is 0.481 e. The number of carbonyl (C=O) groups is 1. The van der Waals surface area contributed by atoms with Gasteiger partial charge >= 0.3 is 5.97 Å². The predicted molar refractivity (Wildman–Crippen MR) is 67.3 cm³/mol. The van der Waals surface area contributed by atoms with Crippen LogP contribution in [0.15, 0.2) is 18.2 Å². The van der Waals surface area contributed by atoms with E-state index in [1.807, 2.05) is 0 Å². The van der Waals surface area contributed by atoms with Crippen LogP contribution in [0.4, 0.5) is 4.39 Å². The van der Waals surface area contributed by atoms with Crippen molar-refractivity contribution >= 4 is 17.6 Å². The van der Waals surface area contributed by atoms with Gasteiger partial charge in [-0.3, -0.25) is 4.79 Å². The Labute approximate surface area is 110 Å². The van der Waals surface area contributed by atoms with Gasteiger partial charge in [0.15, 0.2) is 0 Å². The molecule has 1 aliphatic rings. The number of halogens is 2. The fourth-order valence-corrected chi connectivity index (χ4v) is 2.42. The first-order chi connectivity index (χ1) is 8.58. The van der Waals surface area contributed by atoms with E-state index in [0.717, 1.165) is 13.0 Å². The van der Waals surface area contributed by atoms with Crippen LogP contribution in [0.3, 0.4) is 0 Å². The molecule has 1 saturated heterocycles. The minimum atomic E-state index is -0.733. The Balaban J connectivity index is 1.75. The van der Waals surface area contributed by atoms with Gasteiger partial charge in [0.2, 0.25) is 0 Å². The van der Waals surface area contributed by atoms with Crippen molar-refractivity contribution in [1.29, 1.82) is 0 Å². The van der Waals surface area contributed by atoms with Crippen molar-refractivity contribution in [3.05, 3.63) is 34.6 Å². The average Bonchev–Trinajstić information content (AvgIpc) is 2.24. The van der Waals surface area contributed by atoms with E-state index in [-0.39, 0.29) is 11.7 Å². The number of aliphatic carboxylic acids is 1. The number of carboxylic acids is 1. The molecule has 0 unspecified atom stereocenters. The molecule has 0 atom stereocenters. The second-order valence-electron chi connectivity index (χ2n) is 4.60. The fourth-order valence-electron chi connectivity index (χ4n) is 2.16. The Morgan fingerprint density at radius 2 is 2.22 bits per heavy atom. The van der Waals surface area contributed by atoms with E-state index in [4.69, 9.17) is 16.7 Å². The summed E-state index contributed by atoms with van der Waals surface area (Å²) in [6.07, 6.45) is 1.37. The van der Waals surface area contributed by atoms with E-state index >= 15 is 0 Å². The first-order valence-corrected chi connectivity index (χ1v) is 6.34. The van der Waals surface area contributed by atoms with E-state index in [2.05, 4.69) is 4.90 Å². The summed E-state index contributed by atoms with van der Waals surface area (Å²) in [5, 5.41) is 9.19. The van der Waals surface area contributed by atoms with Gasteiger partial charge in [0.25, 0.3) is 0 Å². The lowest BCUT2D eigenvalue weighted by Gasteiger charge is -2.36. The molecule has 0 spiro atoms. The van der Waals surface area contributed by atoms with Gasteiger partial charge in [0, 0.05) is 23.7 Å². The summed E-state index contributed by atoms with van der Waals surface area (Å²) in [6.45, 7) is 1.98. The zero-order valence-corrected chi connectivity index (χ0v) is 10.7. The molecule has 98 valence electrons. The first-order valence-electron chi connectivity index (χ1n) is 5.96. The van der Waals surface area contributed by atoms with Crippen LogP contribution >= 0.6 is 11.6 Å². The molecule has 2 rings (SSSR count). The van der Waals surface area contributed by atoms with Crippen LogP contribution in [-0.2, 0) is 11.2 Å². The number of likely N-dealkylation sites (tertiary alicyclic amines) is 1. The molecular weight excluding hydrogens is 257 g/mol. The molecule has 1 fully saturated rings. The van der Waals surface area contributed by atoms with Crippen molar-refractivity contribution < 1.29 is 14.3 Å². The molecule has 5 heteroatoms. The minimum Gasteiger partial charge on any atom is -0.481 e. The second kappa shape index (κ2) is 5.67. The number of rotatable bonds is 5. The summed E-state index contributed by atoms with van der Waals surface area (Å²) in [6, 6.07) is 4.68. The molecule has 0 aliphatic carbocycles. The number of nitrogens with zero attached hydrogens (tertiary/aromatic N) is 1. The summed E-state index contributed by atoms with van der Waals surface area (Å²) < 4.78 is 13.5. The summed E-state index contributed by atoms with van der Waals surface area (Å²) in [5.74, 6) is -1.24. The highest BCUT2D eigenvalue weighted by Gasteiger charge is 2.31. The summed E-state index contributed by atoms with van der Waals surface area (Å²) in [5.41, 5.74) is 0.550. The third-order valence-electron chi connectivity index (χ3n) is 3.27. The van der Waals surface area contributed by atoms with E-state index in [1.165, 1.54) is 6.07 Å². The Kier molecular flexibility index (Phi) is 4.19. The van der Waals surface area contributed by atoms with E-state index < -0.39 is 5.97 Å². The average molecular weight is 272 g/mol. The Morgan fingerprint density at radius 3 is 2.83 bits per heavy atom. The van der Waals surface area contributed by atoms with Gasteiger partial charge in [-0.05, 0) is 31.5 Å². The third kappa shape index (κ3) is 3.00. The predicted octanol–water partition coefficient (Wildman–Crippen LogP) is 2.43. The highest BCUT2D eigenvalue weighted by atomic mass is 35.5. The van der Waals surface area contributed by atoms with Crippen molar-refractivity contribution in [2.45, 2.75) is 12.8 Å². The number of benzene rings is 1. The maximum absolute atomic E-state index is 13.5. The zero-order chi connectivity index (χ0) is 13.1. The molecule has 1 aliphatic heterocycles. The Morgan fingerprint density at radius 1 is 1.50 bits per heavy atom. The molecule has 1 N–H and O–H groups in total. The van der Waals surface area contributed by atoms with Gasteiger partial charge < -0.3 is 10.0 Å². The number of hydrogen-bond acceptors (Lipinski definition) is 2. The fraction of sp³-hybridized carbons (Fsp3) is 0.462. The van der Waals surface area contributed by atoms with Crippen molar-refractivity contribution in [2.24, 2.45) is 5.92 Å². The van der Waals surface area contributed by atoms with Crippen molar-refractivity contribution in [2.75, 3.05) is 19.6 Å². The maximum Gasteiger partial charge on any atom is 0.309 e. The van der Waals surface area contributed by atoms with Gasteiger partial charge in [-0.2, -0.15) is 0 Å². The van der Waals surface area contributed by atoms with Crippen LogP contribution in [0.5, 0.6) is 0 Å². The Bertz CT molecular complexity index is 426. The number of hydrogen-bond donors (Lipinski definition) is 1. The second-order valence-corrected chi connectivity index (χ2v) is 5.01. The topological polar surface area (TPSA) is 40.5 Å². The van der Waals surface area contributed by atoms with Gasteiger partial charge in [-0.1, -0.05) is 17.7 Å². The van der Waals surface area contributed by atoms with Crippen LogP contribution in [-0.4, -0.2) is 35.6 Å². The monoisotopic (exact) mass is 271 g/mol. The van der Waals surface area contributed by atoms with Crippen molar-refractivity contribution in [3.8, 4) is 0 Å². The molecule has 0 bridgehead atoms. The normalized spacial score (nSPS) is 16.6. The molecule has 0 saturated carbocycles. The minimum absolute atomic E-state index is 0.234. The maximum atomic E-state index is 13.5. The van der Waals surface area contributed by atoms with Gasteiger partial charge in [0.1, 0.15) is 5.82 Å². The molecule has 0 radical (unpaired) electrons. The SMILES string of the molecule is O=C(O)C1CN(CCCc2c(F)cccc2Cl)C1. The molecule has 0 aromatic heterocycles. The van der Waals surface area contributed by atoms with Crippen LogP contribution < -0.4 is 0 Å². The number of carboxylic acid groups (broad SMARTS) is 1. The summed E-state index contributed by atoms with van der Waals surface area (Å²) in [4.78, 5) is 12.7. The molecular formula is C13H15ClFNO2. The molecule has 1 aromatic rings. The quantitative estimate of drug-likeness (QED) is 0.894. The van der Waals surface area contributed by atoms with Gasteiger partial charge in [0.05, 0.1) is 5.92 Å². The van der Waals surface area contributed by atoms with E-state index in [0.29, 0.717) is 30.1 Å². The molecule has 0 amide bonds. The summed E-state index contributed by atoms with van der Waals surface area (Å²) >= 11 is 5.93. The summed E-state index contributed by atoms with van der Waals surface area (Å²) in [7, 11) is 0. The molecule has 3 nitrogen and oxygen atoms in total. The molecule has 1 heterocycles. The Hall–Kier alpha value is -1.13. The van der Waals surface area contributed by atoms with Crippen molar-refractivity contribution in [1.82, 2.24) is 4.90 Å². The van der Waals surface area contributed by atoms with Crippen LogP contribution in [0.25, 0.3) is 0 Å². The highest BCUT2D eigenvalue weighted by Crippen LogP contribution is 2.21. The van der Waals surface area contributed by atoms with E-state index in [1.54, 1.807) is 12.1 Å². The van der Waals surface area contributed by atoms with E-state index in [9.17, 15) is 9.18 Å². The van der Waals surface area contributed by atoms with Crippen LogP contribution in [0.2, 0.25) is 5.02 Å². The van der Waals surface area contributed by atoms with Crippen LogP contribution in [0, 0.1) is 11.7 Å². The smallest absolute Gasteiger partial charge is 0.309 e. The lowest BCUT2D eigenvalue weighted by molar-refractivity contribution is -0.147. The van der Waals surface area contributed by atoms with Crippen LogP contribution in [0.1, 0.15) is 12.0 Å².